The zero-order chi connectivity index (χ0) is 16.0. The van der Waals surface area contributed by atoms with E-state index in [-0.39, 0.29) is 11.3 Å². The van der Waals surface area contributed by atoms with Crippen LogP contribution in [-0.2, 0) is 4.79 Å². The van der Waals surface area contributed by atoms with Crippen molar-refractivity contribution in [3.63, 3.8) is 0 Å². The lowest BCUT2D eigenvalue weighted by atomic mass is 9.90. The minimum Gasteiger partial charge on any atom is -0.355 e. The Kier molecular flexibility index (Phi) is 13.9. The Morgan fingerprint density at radius 3 is 2.24 bits per heavy atom. The molecule has 0 unspecified atom stereocenters. The monoisotopic (exact) mass is 333 g/mol. The maximum absolute atomic E-state index is 11.6. The van der Waals surface area contributed by atoms with Crippen molar-refractivity contribution in [3.05, 3.63) is 0 Å². The Morgan fingerprint density at radius 1 is 0.952 bits per heavy atom. The molecule has 2 nitrogen and oxygen atoms in total. The Hall–Kier alpha value is 0.170. The molecule has 0 aliphatic rings. The summed E-state index contributed by atoms with van der Waals surface area (Å²) in [5.74, 6) is 2.46. The molecule has 1 amide bonds. The highest BCUT2D eigenvalue weighted by Gasteiger charge is 2.12. The zero-order valence-electron chi connectivity index (χ0n) is 14.5. The van der Waals surface area contributed by atoms with Crippen LogP contribution in [0.4, 0.5) is 0 Å². The number of nitrogens with one attached hydrogen (secondary N) is 1. The van der Waals surface area contributed by atoms with Gasteiger partial charge in [-0.25, -0.2) is 0 Å². The van der Waals surface area contributed by atoms with Gasteiger partial charge in [0.15, 0.2) is 0 Å². The largest absolute Gasteiger partial charge is 0.355 e. The van der Waals surface area contributed by atoms with Crippen LogP contribution in [-0.4, -0.2) is 24.0 Å². The van der Waals surface area contributed by atoms with Crippen LogP contribution >= 0.6 is 21.6 Å². The summed E-state index contributed by atoms with van der Waals surface area (Å²) in [6, 6.07) is 0. The minimum atomic E-state index is 0.200. The second-order valence-corrected chi connectivity index (χ2v) is 9.52. The van der Waals surface area contributed by atoms with Crippen molar-refractivity contribution in [1.29, 1.82) is 0 Å². The first-order valence-corrected chi connectivity index (χ1v) is 11.0. The van der Waals surface area contributed by atoms with E-state index in [9.17, 15) is 4.79 Å². The van der Waals surface area contributed by atoms with Gasteiger partial charge in [-0.1, -0.05) is 81.4 Å². The highest BCUT2D eigenvalue weighted by atomic mass is 33.1. The molecule has 0 atom stereocenters. The average molecular weight is 334 g/mol. The molecule has 0 spiro atoms. The molecule has 0 heterocycles. The van der Waals surface area contributed by atoms with Gasteiger partial charge in [0.1, 0.15) is 0 Å². The normalized spacial score (nSPS) is 11.6. The Bertz CT molecular complexity index is 252. The Labute approximate surface area is 140 Å². The molecule has 21 heavy (non-hydrogen) atoms. The van der Waals surface area contributed by atoms with E-state index in [2.05, 4.69) is 33.0 Å². The molecular formula is C17H35NOS2. The molecule has 0 aromatic carbocycles. The van der Waals surface area contributed by atoms with Crippen molar-refractivity contribution in [3.8, 4) is 0 Å². The standard InChI is InChI=1S/C17H35NOS2/c1-5-6-7-8-9-10-14-20-21-15-13-18-16(19)11-12-17(2,3)4/h5-15H2,1-4H3,(H,18,19). The fourth-order valence-electron chi connectivity index (χ4n) is 1.87. The molecule has 0 radical (unpaired) electrons. The molecule has 0 bridgehead atoms. The zero-order valence-corrected chi connectivity index (χ0v) is 16.1. The van der Waals surface area contributed by atoms with Gasteiger partial charge in [-0.3, -0.25) is 4.79 Å². The topological polar surface area (TPSA) is 29.1 Å². The summed E-state index contributed by atoms with van der Waals surface area (Å²) in [5.41, 5.74) is 0.249. The van der Waals surface area contributed by atoms with Crippen LogP contribution < -0.4 is 5.32 Å². The molecule has 0 fully saturated rings. The van der Waals surface area contributed by atoms with E-state index in [1.165, 1.54) is 44.3 Å². The number of carbonyl (C=O) groups is 1. The minimum absolute atomic E-state index is 0.200. The predicted molar refractivity (Wildman–Crippen MR) is 100.0 cm³/mol. The molecule has 0 rings (SSSR count). The van der Waals surface area contributed by atoms with E-state index < -0.39 is 0 Å². The molecule has 4 heteroatoms. The van der Waals surface area contributed by atoms with Crippen LogP contribution in [0.5, 0.6) is 0 Å². The van der Waals surface area contributed by atoms with Gasteiger partial charge in [-0.2, -0.15) is 0 Å². The molecular weight excluding hydrogens is 298 g/mol. The van der Waals surface area contributed by atoms with E-state index in [4.69, 9.17) is 0 Å². The van der Waals surface area contributed by atoms with Crippen molar-refractivity contribution in [2.75, 3.05) is 18.1 Å². The van der Waals surface area contributed by atoms with Crippen molar-refractivity contribution in [2.45, 2.75) is 79.1 Å². The molecule has 0 saturated heterocycles. The Balaban J connectivity index is 3.20. The number of amides is 1. The average Bonchev–Trinajstić information content (AvgIpc) is 2.42. The van der Waals surface area contributed by atoms with Gasteiger partial charge >= 0.3 is 0 Å². The summed E-state index contributed by atoms with van der Waals surface area (Å²) >= 11 is 0. The third-order valence-corrected chi connectivity index (χ3v) is 5.77. The quantitative estimate of drug-likeness (QED) is 0.348. The van der Waals surface area contributed by atoms with Gasteiger partial charge in [0.2, 0.25) is 5.91 Å². The van der Waals surface area contributed by atoms with Gasteiger partial charge in [-0.05, 0) is 18.3 Å². The maximum Gasteiger partial charge on any atom is 0.220 e. The summed E-state index contributed by atoms with van der Waals surface area (Å²) in [6.07, 6.45) is 9.81. The van der Waals surface area contributed by atoms with Gasteiger partial charge in [0.05, 0.1) is 0 Å². The number of carbonyl (C=O) groups excluding carboxylic acids is 1. The predicted octanol–water partition coefficient (Wildman–Crippen LogP) is 5.67. The van der Waals surface area contributed by atoms with Crippen molar-refractivity contribution < 1.29 is 4.79 Å². The van der Waals surface area contributed by atoms with Crippen LogP contribution in [0, 0.1) is 5.41 Å². The summed E-state index contributed by atoms with van der Waals surface area (Å²) in [7, 11) is 3.84. The van der Waals surface area contributed by atoms with E-state index in [1.807, 2.05) is 21.6 Å². The van der Waals surface area contributed by atoms with E-state index in [0.29, 0.717) is 6.42 Å². The highest BCUT2D eigenvalue weighted by molar-refractivity contribution is 8.76. The van der Waals surface area contributed by atoms with E-state index in [0.717, 1.165) is 18.7 Å². The second-order valence-electron chi connectivity index (χ2n) is 6.82. The third-order valence-electron chi connectivity index (χ3n) is 3.27. The molecule has 126 valence electrons. The van der Waals surface area contributed by atoms with Crippen LogP contribution in [0.3, 0.4) is 0 Å². The van der Waals surface area contributed by atoms with Gasteiger partial charge < -0.3 is 5.32 Å². The maximum atomic E-state index is 11.6. The van der Waals surface area contributed by atoms with Crippen molar-refractivity contribution in [1.82, 2.24) is 5.32 Å². The van der Waals surface area contributed by atoms with Crippen molar-refractivity contribution in [2.24, 2.45) is 5.41 Å². The summed E-state index contributed by atoms with van der Waals surface area (Å²) in [4.78, 5) is 11.6. The summed E-state index contributed by atoms with van der Waals surface area (Å²) in [5, 5.41) is 3.01. The molecule has 1 N–H and O–H groups in total. The fourth-order valence-corrected chi connectivity index (χ4v) is 3.92. The molecule has 0 aliphatic heterocycles. The molecule has 0 aliphatic carbocycles. The van der Waals surface area contributed by atoms with Gasteiger partial charge in [0.25, 0.3) is 0 Å². The van der Waals surface area contributed by atoms with Gasteiger partial charge in [-0.15, -0.1) is 0 Å². The molecule has 0 aromatic heterocycles. The van der Waals surface area contributed by atoms with Crippen LogP contribution in [0.15, 0.2) is 0 Å². The first-order valence-electron chi connectivity index (χ1n) is 8.47. The van der Waals surface area contributed by atoms with Crippen molar-refractivity contribution >= 4 is 27.5 Å². The van der Waals surface area contributed by atoms with Crippen LogP contribution in [0.2, 0.25) is 0 Å². The van der Waals surface area contributed by atoms with Crippen LogP contribution in [0.25, 0.3) is 0 Å². The smallest absolute Gasteiger partial charge is 0.220 e. The number of hydrogen-bond donors (Lipinski definition) is 1. The Morgan fingerprint density at radius 2 is 1.57 bits per heavy atom. The molecule has 0 aromatic rings. The number of unbranched alkanes of at least 4 members (excludes halogenated alkanes) is 5. The van der Waals surface area contributed by atoms with Crippen LogP contribution in [0.1, 0.15) is 79.1 Å². The lowest BCUT2D eigenvalue weighted by Gasteiger charge is -2.17. The van der Waals surface area contributed by atoms with Gasteiger partial charge in [0, 0.05) is 24.5 Å². The summed E-state index contributed by atoms with van der Waals surface area (Å²) in [6.45, 7) is 9.59. The lowest BCUT2D eigenvalue weighted by molar-refractivity contribution is -0.121. The first-order chi connectivity index (χ1) is 9.95. The van der Waals surface area contributed by atoms with E-state index in [1.54, 1.807) is 0 Å². The summed E-state index contributed by atoms with van der Waals surface area (Å²) < 4.78 is 0. The fraction of sp³-hybridized carbons (Fsp3) is 0.941. The SMILES string of the molecule is CCCCCCCCSSCCNC(=O)CCC(C)(C)C. The molecule has 0 saturated carbocycles. The first kappa shape index (κ1) is 21.2. The lowest BCUT2D eigenvalue weighted by Crippen LogP contribution is -2.26. The third kappa shape index (κ3) is 18.1. The van der Waals surface area contributed by atoms with E-state index >= 15 is 0 Å². The number of rotatable bonds is 13. The second kappa shape index (κ2) is 13.8. The number of hydrogen-bond acceptors (Lipinski definition) is 3. The highest BCUT2D eigenvalue weighted by Crippen LogP contribution is 2.23.